The number of amides is 1. The minimum absolute atomic E-state index is 0.0247. The average molecular weight is 290 g/mol. The normalized spacial score (nSPS) is 20.2. The molecule has 0 bridgehead atoms. The molecule has 1 N–H and O–H groups in total. The van der Waals surface area contributed by atoms with E-state index in [1.165, 1.54) is 0 Å². The highest BCUT2D eigenvalue weighted by Gasteiger charge is 2.32. The highest BCUT2D eigenvalue weighted by molar-refractivity contribution is 5.81. The zero-order chi connectivity index (χ0) is 15.6. The Morgan fingerprint density at radius 3 is 2.67 bits per heavy atom. The average Bonchev–Trinajstić information content (AvgIpc) is 2.80. The molecule has 1 aliphatic heterocycles. The number of hydrogen-bond acceptors (Lipinski definition) is 3. The zero-order valence-electron chi connectivity index (χ0n) is 13.6. The van der Waals surface area contributed by atoms with Crippen LogP contribution in [0, 0.1) is 18.8 Å². The predicted octanol–water partition coefficient (Wildman–Crippen LogP) is 2.73. The molecule has 21 heavy (non-hydrogen) atoms. The standard InChI is InChI=1S/C17H26N2O2/c1-11(2)13(4)10-19-16(20)9-18-17(19)14-6-7-15(21-5)12(3)8-14/h6-8,11,13,17-18H,9-10H2,1-5H3. The molecule has 2 rings (SSSR count). The van der Waals surface area contributed by atoms with E-state index in [1.54, 1.807) is 7.11 Å². The van der Waals surface area contributed by atoms with Gasteiger partial charge in [-0.25, -0.2) is 0 Å². The molecule has 0 saturated carbocycles. The largest absolute Gasteiger partial charge is 0.496 e. The van der Waals surface area contributed by atoms with Crippen LogP contribution in [0.3, 0.4) is 0 Å². The first-order valence-corrected chi connectivity index (χ1v) is 7.61. The van der Waals surface area contributed by atoms with Gasteiger partial charge in [0.25, 0.3) is 0 Å². The molecule has 1 amide bonds. The fraction of sp³-hybridized carbons (Fsp3) is 0.588. The van der Waals surface area contributed by atoms with E-state index in [1.807, 2.05) is 24.0 Å². The molecule has 1 aromatic rings. The Kier molecular flexibility index (Phi) is 4.88. The molecule has 1 aliphatic rings. The third-order valence-electron chi connectivity index (χ3n) is 4.44. The van der Waals surface area contributed by atoms with Crippen molar-refractivity contribution in [2.45, 2.75) is 33.9 Å². The molecule has 1 fully saturated rings. The van der Waals surface area contributed by atoms with Crippen molar-refractivity contribution in [1.82, 2.24) is 10.2 Å². The van der Waals surface area contributed by atoms with Crippen LogP contribution in [-0.2, 0) is 4.79 Å². The van der Waals surface area contributed by atoms with Crippen molar-refractivity contribution in [3.63, 3.8) is 0 Å². The van der Waals surface area contributed by atoms with E-state index in [2.05, 4.69) is 32.2 Å². The molecule has 0 radical (unpaired) electrons. The Hall–Kier alpha value is -1.55. The molecule has 0 spiro atoms. The van der Waals surface area contributed by atoms with Gasteiger partial charge in [0.15, 0.2) is 0 Å². The SMILES string of the molecule is COc1ccc(C2NCC(=O)N2CC(C)C(C)C)cc1C. The number of aryl methyl sites for hydroxylation is 1. The van der Waals surface area contributed by atoms with E-state index in [4.69, 9.17) is 4.74 Å². The molecule has 4 nitrogen and oxygen atoms in total. The molecule has 0 aromatic heterocycles. The number of carbonyl (C=O) groups is 1. The van der Waals surface area contributed by atoms with Gasteiger partial charge in [-0.05, 0) is 42.0 Å². The summed E-state index contributed by atoms with van der Waals surface area (Å²) in [7, 11) is 1.68. The number of nitrogens with one attached hydrogen (secondary N) is 1. The predicted molar refractivity (Wildman–Crippen MR) is 84.2 cm³/mol. The summed E-state index contributed by atoms with van der Waals surface area (Å²) in [6.45, 7) is 9.84. The van der Waals surface area contributed by atoms with Crippen LogP contribution in [0.5, 0.6) is 5.75 Å². The number of nitrogens with zero attached hydrogens (tertiary/aromatic N) is 1. The van der Waals surface area contributed by atoms with Crippen LogP contribution in [-0.4, -0.2) is 31.0 Å². The fourth-order valence-corrected chi connectivity index (χ4v) is 2.64. The Labute approximate surface area is 127 Å². The van der Waals surface area contributed by atoms with Gasteiger partial charge in [-0.15, -0.1) is 0 Å². The van der Waals surface area contributed by atoms with Crippen molar-refractivity contribution in [3.8, 4) is 5.75 Å². The summed E-state index contributed by atoms with van der Waals surface area (Å²) in [5.41, 5.74) is 2.21. The molecule has 1 saturated heterocycles. The van der Waals surface area contributed by atoms with Crippen LogP contribution in [0.4, 0.5) is 0 Å². The smallest absolute Gasteiger partial charge is 0.238 e. The van der Waals surface area contributed by atoms with Gasteiger partial charge in [0.2, 0.25) is 5.91 Å². The molecule has 116 valence electrons. The van der Waals surface area contributed by atoms with Crippen LogP contribution >= 0.6 is 0 Å². The third-order valence-corrected chi connectivity index (χ3v) is 4.44. The summed E-state index contributed by atoms with van der Waals surface area (Å²) in [5, 5.41) is 3.32. The summed E-state index contributed by atoms with van der Waals surface area (Å²) >= 11 is 0. The first kappa shape index (κ1) is 15.8. The van der Waals surface area contributed by atoms with Gasteiger partial charge >= 0.3 is 0 Å². The number of carbonyl (C=O) groups excluding carboxylic acids is 1. The van der Waals surface area contributed by atoms with Crippen molar-refractivity contribution in [3.05, 3.63) is 29.3 Å². The Bertz CT molecular complexity index is 514. The second-order valence-electron chi connectivity index (χ2n) is 6.28. The molecule has 1 heterocycles. The summed E-state index contributed by atoms with van der Waals surface area (Å²) < 4.78 is 5.31. The number of benzene rings is 1. The molecule has 0 aliphatic carbocycles. The molecule has 2 atom stereocenters. The van der Waals surface area contributed by atoms with Crippen LogP contribution in [0.25, 0.3) is 0 Å². The quantitative estimate of drug-likeness (QED) is 0.906. The molecular formula is C17H26N2O2. The van der Waals surface area contributed by atoms with Gasteiger partial charge in [0.1, 0.15) is 11.9 Å². The van der Waals surface area contributed by atoms with E-state index < -0.39 is 0 Å². The highest BCUT2D eigenvalue weighted by Crippen LogP contribution is 2.28. The minimum atomic E-state index is -0.0247. The number of rotatable bonds is 5. The van der Waals surface area contributed by atoms with E-state index in [9.17, 15) is 4.79 Å². The Morgan fingerprint density at radius 2 is 2.10 bits per heavy atom. The maximum Gasteiger partial charge on any atom is 0.238 e. The van der Waals surface area contributed by atoms with Crippen LogP contribution in [0.2, 0.25) is 0 Å². The summed E-state index contributed by atoms with van der Waals surface area (Å²) in [6.07, 6.45) is -0.0247. The zero-order valence-corrected chi connectivity index (χ0v) is 13.6. The number of methoxy groups -OCH3 is 1. The first-order valence-electron chi connectivity index (χ1n) is 7.61. The number of hydrogen-bond donors (Lipinski definition) is 1. The maximum absolute atomic E-state index is 12.2. The van der Waals surface area contributed by atoms with Crippen molar-refractivity contribution in [1.29, 1.82) is 0 Å². The van der Waals surface area contributed by atoms with Gasteiger partial charge in [0, 0.05) is 6.54 Å². The molecular weight excluding hydrogens is 264 g/mol. The van der Waals surface area contributed by atoms with Crippen LogP contribution in [0.15, 0.2) is 18.2 Å². The van der Waals surface area contributed by atoms with E-state index >= 15 is 0 Å². The van der Waals surface area contributed by atoms with Gasteiger partial charge in [0.05, 0.1) is 13.7 Å². The lowest BCUT2D eigenvalue weighted by atomic mass is 9.97. The lowest BCUT2D eigenvalue weighted by Crippen LogP contribution is -2.35. The molecule has 1 aromatic carbocycles. The van der Waals surface area contributed by atoms with E-state index in [0.717, 1.165) is 23.4 Å². The van der Waals surface area contributed by atoms with E-state index in [0.29, 0.717) is 18.4 Å². The van der Waals surface area contributed by atoms with Gasteiger partial charge in [-0.3, -0.25) is 10.1 Å². The topological polar surface area (TPSA) is 41.6 Å². The van der Waals surface area contributed by atoms with Gasteiger partial charge < -0.3 is 9.64 Å². The highest BCUT2D eigenvalue weighted by atomic mass is 16.5. The van der Waals surface area contributed by atoms with Crippen molar-refractivity contribution >= 4 is 5.91 Å². The molecule has 4 heteroatoms. The monoisotopic (exact) mass is 290 g/mol. The number of ether oxygens (including phenoxy) is 1. The van der Waals surface area contributed by atoms with E-state index in [-0.39, 0.29) is 12.1 Å². The van der Waals surface area contributed by atoms with Crippen LogP contribution in [0.1, 0.15) is 38.1 Å². The van der Waals surface area contributed by atoms with Crippen molar-refractivity contribution < 1.29 is 9.53 Å². The van der Waals surface area contributed by atoms with Crippen molar-refractivity contribution in [2.75, 3.05) is 20.2 Å². The van der Waals surface area contributed by atoms with Crippen molar-refractivity contribution in [2.24, 2.45) is 11.8 Å². The Balaban J connectivity index is 2.21. The second kappa shape index (κ2) is 6.48. The van der Waals surface area contributed by atoms with Gasteiger partial charge in [-0.2, -0.15) is 0 Å². The second-order valence-corrected chi connectivity index (χ2v) is 6.28. The minimum Gasteiger partial charge on any atom is -0.496 e. The maximum atomic E-state index is 12.2. The lowest BCUT2D eigenvalue weighted by molar-refractivity contribution is -0.128. The summed E-state index contributed by atoms with van der Waals surface area (Å²) in [4.78, 5) is 14.1. The summed E-state index contributed by atoms with van der Waals surface area (Å²) in [5.74, 6) is 2.11. The first-order chi connectivity index (χ1) is 9.93. The lowest BCUT2D eigenvalue weighted by Gasteiger charge is -2.29. The summed E-state index contributed by atoms with van der Waals surface area (Å²) in [6, 6.07) is 6.11. The van der Waals surface area contributed by atoms with Crippen LogP contribution < -0.4 is 10.1 Å². The fourth-order valence-electron chi connectivity index (χ4n) is 2.64. The third kappa shape index (κ3) is 3.38. The van der Waals surface area contributed by atoms with Gasteiger partial charge in [-0.1, -0.05) is 26.8 Å². The molecule has 2 unspecified atom stereocenters. The Morgan fingerprint density at radius 1 is 1.38 bits per heavy atom.